The molecule has 0 N–H and O–H groups in total. The van der Waals surface area contributed by atoms with Crippen molar-refractivity contribution in [3.63, 3.8) is 0 Å². The number of methoxy groups -OCH3 is 1. The zero-order valence-electron chi connectivity index (χ0n) is 14.1. The molecule has 124 valence electrons. The number of sulfonamides is 1. The van der Waals surface area contributed by atoms with Crippen LogP contribution in [0, 0.1) is 5.92 Å². The largest absolute Gasteiger partial charge is 0.469 e. The molecule has 0 amide bonds. The summed E-state index contributed by atoms with van der Waals surface area (Å²) >= 11 is 0. The van der Waals surface area contributed by atoms with E-state index in [1.807, 2.05) is 12.1 Å². The van der Waals surface area contributed by atoms with Crippen LogP contribution >= 0.6 is 0 Å². The van der Waals surface area contributed by atoms with Crippen molar-refractivity contribution in [1.29, 1.82) is 0 Å². The smallest absolute Gasteiger partial charge is 0.309 e. The lowest BCUT2D eigenvalue weighted by molar-refractivity contribution is -0.144. The van der Waals surface area contributed by atoms with Gasteiger partial charge in [-0.1, -0.05) is 39.8 Å². The van der Waals surface area contributed by atoms with Crippen molar-refractivity contribution in [2.75, 3.05) is 20.7 Å². The number of benzene rings is 1. The van der Waals surface area contributed by atoms with Crippen molar-refractivity contribution < 1.29 is 17.9 Å². The number of esters is 1. The number of hydrogen-bond donors (Lipinski definition) is 0. The first kappa shape index (κ1) is 18.6. The van der Waals surface area contributed by atoms with Crippen molar-refractivity contribution >= 4 is 16.0 Å². The van der Waals surface area contributed by atoms with Gasteiger partial charge < -0.3 is 4.74 Å². The van der Waals surface area contributed by atoms with Crippen LogP contribution in [0.15, 0.2) is 29.2 Å². The molecular formula is C16H25NO4S. The van der Waals surface area contributed by atoms with Crippen LogP contribution in [-0.2, 0) is 25.0 Å². The molecule has 1 atom stereocenters. The van der Waals surface area contributed by atoms with Gasteiger partial charge >= 0.3 is 5.97 Å². The fourth-order valence-corrected chi connectivity index (χ4v) is 3.33. The summed E-state index contributed by atoms with van der Waals surface area (Å²) in [6.45, 7) is 7.93. The van der Waals surface area contributed by atoms with Crippen LogP contribution < -0.4 is 0 Å². The van der Waals surface area contributed by atoms with Crippen molar-refractivity contribution in [3.8, 4) is 0 Å². The maximum Gasteiger partial charge on any atom is 0.309 e. The first-order chi connectivity index (χ1) is 10.00. The molecule has 5 nitrogen and oxygen atoms in total. The molecule has 0 aliphatic rings. The van der Waals surface area contributed by atoms with E-state index in [0.29, 0.717) is 0 Å². The Hall–Kier alpha value is -1.40. The van der Waals surface area contributed by atoms with Crippen LogP contribution in [0.1, 0.15) is 33.3 Å². The van der Waals surface area contributed by atoms with Gasteiger partial charge in [0, 0.05) is 13.6 Å². The summed E-state index contributed by atoms with van der Waals surface area (Å²) < 4.78 is 30.8. The fraction of sp³-hybridized carbons (Fsp3) is 0.562. The maximum atomic E-state index is 12.5. The maximum absolute atomic E-state index is 12.5. The van der Waals surface area contributed by atoms with Crippen LogP contribution in [0.3, 0.4) is 0 Å². The molecule has 1 rings (SSSR count). The van der Waals surface area contributed by atoms with E-state index in [9.17, 15) is 13.2 Å². The normalized spacial score (nSPS) is 14.0. The molecule has 0 aromatic heterocycles. The van der Waals surface area contributed by atoms with Crippen LogP contribution in [-0.4, -0.2) is 39.4 Å². The Balaban J connectivity index is 2.96. The molecule has 0 radical (unpaired) electrons. The molecule has 22 heavy (non-hydrogen) atoms. The Morgan fingerprint density at radius 2 is 1.73 bits per heavy atom. The summed E-state index contributed by atoms with van der Waals surface area (Å²) in [5.41, 5.74) is 1.03. The van der Waals surface area contributed by atoms with E-state index in [-0.39, 0.29) is 16.9 Å². The second-order valence-electron chi connectivity index (χ2n) is 6.48. The summed E-state index contributed by atoms with van der Waals surface area (Å²) in [5, 5.41) is 0. The molecule has 1 aromatic carbocycles. The third-order valence-corrected chi connectivity index (χ3v) is 5.40. The van der Waals surface area contributed by atoms with Crippen LogP contribution in [0.25, 0.3) is 0 Å². The standard InChI is InChI=1S/C16H25NO4S/c1-12(15(18)21-6)11-17(5)22(19,20)14-9-7-13(8-10-14)16(2,3)4/h7-10,12H,11H2,1-6H3/t12-/m0/s1. The van der Waals surface area contributed by atoms with Crippen molar-refractivity contribution in [2.45, 2.75) is 38.0 Å². The minimum Gasteiger partial charge on any atom is -0.469 e. The average Bonchev–Trinajstić information content (AvgIpc) is 2.45. The van der Waals surface area contributed by atoms with Crippen LogP contribution in [0.2, 0.25) is 0 Å². The number of rotatable bonds is 5. The van der Waals surface area contributed by atoms with E-state index in [4.69, 9.17) is 0 Å². The van der Waals surface area contributed by atoms with Gasteiger partial charge in [0.1, 0.15) is 0 Å². The first-order valence-corrected chi connectivity index (χ1v) is 8.59. The van der Waals surface area contributed by atoms with Gasteiger partial charge in [-0.2, -0.15) is 0 Å². The molecule has 0 spiro atoms. The Kier molecular flexibility index (Phi) is 5.76. The molecule has 0 fully saturated rings. The molecule has 0 aliphatic heterocycles. The second kappa shape index (κ2) is 6.79. The number of hydrogen-bond acceptors (Lipinski definition) is 4. The second-order valence-corrected chi connectivity index (χ2v) is 8.53. The van der Waals surface area contributed by atoms with E-state index in [0.717, 1.165) is 5.56 Å². The zero-order chi connectivity index (χ0) is 17.1. The Bertz CT molecular complexity index is 615. The quantitative estimate of drug-likeness (QED) is 0.779. The van der Waals surface area contributed by atoms with E-state index in [1.54, 1.807) is 19.1 Å². The van der Waals surface area contributed by atoms with Gasteiger partial charge in [0.25, 0.3) is 0 Å². The highest BCUT2D eigenvalue weighted by Crippen LogP contribution is 2.24. The molecule has 6 heteroatoms. The predicted octanol–water partition coefficient (Wildman–Crippen LogP) is 2.41. The summed E-state index contributed by atoms with van der Waals surface area (Å²) in [4.78, 5) is 11.6. The highest BCUT2D eigenvalue weighted by Gasteiger charge is 2.25. The number of ether oxygens (including phenoxy) is 1. The van der Waals surface area contributed by atoms with Gasteiger partial charge in [-0.05, 0) is 23.1 Å². The molecule has 0 heterocycles. The summed E-state index contributed by atoms with van der Waals surface area (Å²) in [6, 6.07) is 6.86. The van der Waals surface area contributed by atoms with Gasteiger partial charge in [-0.3, -0.25) is 4.79 Å². The molecule has 0 unspecified atom stereocenters. The Morgan fingerprint density at radius 1 is 1.23 bits per heavy atom. The van der Waals surface area contributed by atoms with Crippen molar-refractivity contribution in [3.05, 3.63) is 29.8 Å². The zero-order valence-corrected chi connectivity index (χ0v) is 14.9. The number of carbonyl (C=O) groups excluding carboxylic acids is 1. The lowest BCUT2D eigenvalue weighted by atomic mass is 9.87. The van der Waals surface area contributed by atoms with Gasteiger partial charge in [0.2, 0.25) is 10.0 Å². The van der Waals surface area contributed by atoms with E-state index in [1.165, 1.54) is 18.5 Å². The predicted molar refractivity (Wildman–Crippen MR) is 86.1 cm³/mol. The first-order valence-electron chi connectivity index (χ1n) is 7.15. The lowest BCUT2D eigenvalue weighted by Gasteiger charge is -2.22. The number of nitrogens with zero attached hydrogens (tertiary/aromatic N) is 1. The van der Waals surface area contributed by atoms with Gasteiger partial charge in [-0.15, -0.1) is 0 Å². The van der Waals surface area contributed by atoms with Gasteiger partial charge in [0.15, 0.2) is 0 Å². The molecule has 0 aliphatic carbocycles. The lowest BCUT2D eigenvalue weighted by Crippen LogP contribution is -2.34. The Labute approximate surface area is 133 Å². The van der Waals surface area contributed by atoms with E-state index in [2.05, 4.69) is 25.5 Å². The SMILES string of the molecule is COC(=O)[C@@H](C)CN(C)S(=O)(=O)c1ccc(C(C)(C)C)cc1. The molecule has 0 bridgehead atoms. The average molecular weight is 327 g/mol. The van der Waals surface area contributed by atoms with E-state index < -0.39 is 21.9 Å². The topological polar surface area (TPSA) is 63.7 Å². The fourth-order valence-electron chi connectivity index (χ4n) is 2.07. The van der Waals surface area contributed by atoms with Gasteiger partial charge in [-0.25, -0.2) is 12.7 Å². The minimum atomic E-state index is -3.61. The minimum absolute atomic E-state index is 0.0341. The van der Waals surface area contributed by atoms with Crippen LogP contribution in [0.5, 0.6) is 0 Å². The molecular weight excluding hydrogens is 302 g/mol. The summed E-state index contributed by atoms with van der Waals surface area (Å²) in [7, 11) is -0.858. The van der Waals surface area contributed by atoms with E-state index >= 15 is 0 Å². The summed E-state index contributed by atoms with van der Waals surface area (Å²) in [6.07, 6.45) is 0. The van der Waals surface area contributed by atoms with Crippen LogP contribution in [0.4, 0.5) is 0 Å². The Morgan fingerprint density at radius 3 is 2.14 bits per heavy atom. The summed E-state index contributed by atoms with van der Waals surface area (Å²) in [5.74, 6) is -0.941. The molecule has 1 aromatic rings. The van der Waals surface area contributed by atoms with Crippen molar-refractivity contribution in [1.82, 2.24) is 4.31 Å². The van der Waals surface area contributed by atoms with Gasteiger partial charge in [0.05, 0.1) is 17.9 Å². The third kappa shape index (κ3) is 4.30. The van der Waals surface area contributed by atoms with Crippen molar-refractivity contribution in [2.24, 2.45) is 5.92 Å². The third-order valence-electron chi connectivity index (χ3n) is 3.56. The highest BCUT2D eigenvalue weighted by atomic mass is 32.2. The highest BCUT2D eigenvalue weighted by molar-refractivity contribution is 7.89. The number of carbonyl (C=O) groups is 1. The molecule has 0 saturated carbocycles. The molecule has 0 saturated heterocycles. The monoisotopic (exact) mass is 327 g/mol.